The molecule has 3 aliphatic heterocycles. The molecule has 9 nitrogen and oxygen atoms in total. The predicted octanol–water partition coefficient (Wildman–Crippen LogP) is 4.49. The number of aliphatic hydroxyl groups is 1. The summed E-state index contributed by atoms with van der Waals surface area (Å²) in [5, 5.41) is 15.7. The number of unbranched alkanes of at least 4 members (excludes halogenated alkanes) is 2. The van der Waals surface area contributed by atoms with Crippen LogP contribution in [0.3, 0.4) is 0 Å². The summed E-state index contributed by atoms with van der Waals surface area (Å²) in [7, 11) is 0. The van der Waals surface area contributed by atoms with E-state index >= 15 is 0 Å². The van der Waals surface area contributed by atoms with Gasteiger partial charge in [0.2, 0.25) is 17.7 Å². The average Bonchev–Trinajstić information content (AvgIpc) is 3.45. The van der Waals surface area contributed by atoms with Crippen molar-refractivity contribution in [2.75, 3.05) is 30.4 Å². The molecular formula is C31H38ClN3O6. The zero-order valence-corrected chi connectivity index (χ0v) is 24.4. The minimum Gasteiger partial charge on any atom is -0.494 e. The van der Waals surface area contributed by atoms with Gasteiger partial charge in [-0.2, -0.15) is 0 Å². The van der Waals surface area contributed by atoms with E-state index in [2.05, 4.69) is 10.6 Å². The second kappa shape index (κ2) is 11.6. The number of fused-ring (bicyclic) bond motifs is 1. The molecule has 3 N–H and O–H groups in total. The lowest BCUT2D eigenvalue weighted by Gasteiger charge is -2.36. The van der Waals surface area contributed by atoms with E-state index < -0.39 is 29.1 Å². The van der Waals surface area contributed by atoms with E-state index in [0.29, 0.717) is 61.0 Å². The summed E-state index contributed by atoms with van der Waals surface area (Å²) in [5.41, 5.74) is -0.907. The molecule has 220 valence electrons. The van der Waals surface area contributed by atoms with Gasteiger partial charge >= 0.3 is 0 Å². The van der Waals surface area contributed by atoms with Crippen molar-refractivity contribution in [1.82, 2.24) is 4.90 Å². The van der Waals surface area contributed by atoms with Crippen LogP contribution >= 0.6 is 11.6 Å². The lowest BCUT2D eigenvalue weighted by Crippen LogP contribution is -2.54. The highest BCUT2D eigenvalue weighted by Gasteiger charge is 2.79. The molecule has 0 aliphatic carbocycles. The summed E-state index contributed by atoms with van der Waals surface area (Å²) >= 11 is 6.03. The van der Waals surface area contributed by atoms with Gasteiger partial charge in [0, 0.05) is 29.5 Å². The number of hydrogen-bond acceptors (Lipinski definition) is 6. The monoisotopic (exact) mass is 583 g/mol. The Morgan fingerprint density at radius 2 is 1.68 bits per heavy atom. The molecule has 2 aromatic carbocycles. The quantitative estimate of drug-likeness (QED) is 0.336. The maximum Gasteiger partial charge on any atom is 0.250 e. The van der Waals surface area contributed by atoms with Crippen LogP contribution in [0.2, 0.25) is 5.02 Å². The first-order valence-corrected chi connectivity index (χ1v) is 14.7. The molecule has 3 amide bonds. The molecule has 41 heavy (non-hydrogen) atoms. The van der Waals surface area contributed by atoms with Crippen molar-refractivity contribution in [1.29, 1.82) is 0 Å². The van der Waals surface area contributed by atoms with Gasteiger partial charge in [-0.15, -0.1) is 0 Å². The van der Waals surface area contributed by atoms with E-state index in [4.69, 9.17) is 21.1 Å². The number of aliphatic hydroxyl groups excluding tert-OH is 1. The van der Waals surface area contributed by atoms with E-state index in [9.17, 15) is 19.5 Å². The third kappa shape index (κ3) is 5.19. The van der Waals surface area contributed by atoms with E-state index in [1.807, 2.05) is 20.8 Å². The molecule has 0 aromatic heterocycles. The molecule has 2 aromatic rings. The van der Waals surface area contributed by atoms with Gasteiger partial charge in [0.05, 0.1) is 24.0 Å². The molecule has 0 saturated carbocycles. The van der Waals surface area contributed by atoms with Crippen LogP contribution in [0.25, 0.3) is 0 Å². The van der Waals surface area contributed by atoms with Crippen LogP contribution in [0.1, 0.15) is 46.5 Å². The van der Waals surface area contributed by atoms with Crippen molar-refractivity contribution in [2.24, 2.45) is 17.8 Å². The minimum absolute atomic E-state index is 0.0633. The van der Waals surface area contributed by atoms with E-state index in [0.717, 1.165) is 0 Å². The Hall–Kier alpha value is -3.14. The standard InChI is InChI=1S/C31H38ClN3O6/c1-4-40-23-14-12-22(13-15-23)33-27(37)24-25-29(39)35(16-6-5-7-17-36)26(31(25)18-19(2)30(24,3)41-31)28(38)34-21-10-8-20(32)9-11-21/h8-15,19,24-26,36H,4-7,16-18H2,1-3H3,(H,33,37)(H,34,38)/t19?,24-,25-,26?,30+,31?/m0/s1. The number of ether oxygens (including phenoxy) is 2. The Morgan fingerprint density at radius 1 is 1.05 bits per heavy atom. The number of halogens is 1. The van der Waals surface area contributed by atoms with Gasteiger partial charge in [0.25, 0.3) is 0 Å². The Kier molecular flexibility index (Phi) is 8.32. The van der Waals surface area contributed by atoms with Crippen LogP contribution < -0.4 is 15.4 Å². The van der Waals surface area contributed by atoms with Gasteiger partial charge in [-0.05, 0) is 94.0 Å². The summed E-state index contributed by atoms with van der Waals surface area (Å²) in [6.07, 6.45) is 2.42. The highest BCUT2D eigenvalue weighted by molar-refractivity contribution is 6.30. The number of hydrogen-bond donors (Lipinski definition) is 3. The summed E-state index contributed by atoms with van der Waals surface area (Å²) < 4.78 is 12.3. The molecule has 3 heterocycles. The van der Waals surface area contributed by atoms with Crippen molar-refractivity contribution in [3.8, 4) is 5.75 Å². The first-order valence-electron chi connectivity index (χ1n) is 14.4. The molecule has 0 radical (unpaired) electrons. The zero-order valence-electron chi connectivity index (χ0n) is 23.7. The summed E-state index contributed by atoms with van der Waals surface area (Å²) in [6.45, 7) is 6.74. The van der Waals surface area contributed by atoms with Crippen LogP contribution in [0.15, 0.2) is 48.5 Å². The Balaban J connectivity index is 1.46. The molecule has 2 bridgehead atoms. The van der Waals surface area contributed by atoms with E-state index in [1.165, 1.54) is 0 Å². The van der Waals surface area contributed by atoms with Crippen LogP contribution in [-0.4, -0.2) is 64.7 Å². The number of nitrogens with one attached hydrogen (secondary N) is 2. The molecular weight excluding hydrogens is 546 g/mol. The maximum atomic E-state index is 14.2. The minimum atomic E-state index is -1.14. The third-order valence-electron chi connectivity index (χ3n) is 8.95. The van der Waals surface area contributed by atoms with Crippen molar-refractivity contribution < 1.29 is 29.0 Å². The van der Waals surface area contributed by atoms with Gasteiger partial charge in [0.1, 0.15) is 17.4 Å². The lowest BCUT2D eigenvalue weighted by atomic mass is 9.62. The Labute approximate surface area is 245 Å². The maximum absolute atomic E-state index is 14.2. The number of carbonyl (C=O) groups is 3. The highest BCUT2D eigenvalue weighted by Crippen LogP contribution is 2.65. The largest absolute Gasteiger partial charge is 0.494 e. The van der Waals surface area contributed by atoms with E-state index in [-0.39, 0.29) is 30.2 Å². The molecule has 3 unspecified atom stereocenters. The fraction of sp³-hybridized carbons (Fsp3) is 0.516. The number of likely N-dealkylation sites (tertiary alicyclic amines) is 1. The van der Waals surface area contributed by atoms with Crippen molar-refractivity contribution in [3.05, 3.63) is 53.6 Å². The van der Waals surface area contributed by atoms with Crippen LogP contribution in [-0.2, 0) is 19.1 Å². The average molecular weight is 584 g/mol. The fourth-order valence-electron chi connectivity index (χ4n) is 7.02. The van der Waals surface area contributed by atoms with Crippen molar-refractivity contribution in [3.63, 3.8) is 0 Å². The van der Waals surface area contributed by atoms with E-state index in [1.54, 1.807) is 53.4 Å². The van der Waals surface area contributed by atoms with Crippen molar-refractivity contribution in [2.45, 2.75) is 63.7 Å². The Morgan fingerprint density at radius 3 is 2.32 bits per heavy atom. The number of amides is 3. The number of nitrogens with zero attached hydrogens (tertiary/aromatic N) is 1. The summed E-state index contributed by atoms with van der Waals surface area (Å²) in [6, 6.07) is 13.0. The summed E-state index contributed by atoms with van der Waals surface area (Å²) in [4.78, 5) is 43.7. The molecule has 1 spiro atoms. The van der Waals surface area contributed by atoms with Crippen LogP contribution in [0, 0.1) is 17.8 Å². The smallest absolute Gasteiger partial charge is 0.250 e. The number of rotatable bonds is 11. The molecule has 3 saturated heterocycles. The molecule has 5 rings (SSSR count). The normalized spacial score (nSPS) is 29.9. The second-order valence-electron chi connectivity index (χ2n) is 11.5. The Bertz CT molecular complexity index is 1290. The van der Waals surface area contributed by atoms with Gasteiger partial charge in [-0.3, -0.25) is 14.4 Å². The van der Waals surface area contributed by atoms with Crippen LogP contribution in [0.4, 0.5) is 11.4 Å². The molecule has 10 heteroatoms. The molecule has 6 atom stereocenters. The van der Waals surface area contributed by atoms with Gasteiger partial charge in [-0.25, -0.2) is 0 Å². The van der Waals surface area contributed by atoms with Gasteiger partial charge in [-0.1, -0.05) is 18.5 Å². The number of anilines is 2. The summed E-state index contributed by atoms with van der Waals surface area (Å²) in [5.74, 6) is -1.85. The van der Waals surface area contributed by atoms with Gasteiger partial charge in [0.15, 0.2) is 0 Å². The number of benzene rings is 2. The second-order valence-corrected chi connectivity index (χ2v) is 11.9. The van der Waals surface area contributed by atoms with Gasteiger partial charge < -0.3 is 30.1 Å². The SMILES string of the molecule is CCOc1ccc(NC(=O)[C@@H]2[C@H]3C(=O)N(CCCCCO)C(C(=O)Nc4ccc(Cl)cc4)C34CC(C)[C@@]2(C)O4)cc1. The zero-order chi connectivity index (χ0) is 29.4. The third-order valence-corrected chi connectivity index (χ3v) is 9.20. The van der Waals surface area contributed by atoms with Crippen molar-refractivity contribution >= 4 is 40.7 Å². The molecule has 3 aliphatic rings. The first-order chi connectivity index (χ1) is 19.6. The predicted molar refractivity (Wildman–Crippen MR) is 156 cm³/mol. The topological polar surface area (TPSA) is 117 Å². The fourth-order valence-corrected chi connectivity index (χ4v) is 7.14. The molecule has 3 fully saturated rings. The lowest BCUT2D eigenvalue weighted by molar-refractivity contribution is -0.144. The highest BCUT2D eigenvalue weighted by atomic mass is 35.5. The first kappa shape index (κ1) is 29.4. The van der Waals surface area contributed by atoms with Crippen LogP contribution in [0.5, 0.6) is 5.75 Å². The number of carbonyl (C=O) groups excluding carboxylic acids is 3.